The average molecular weight is 749 g/mol. The third-order valence-electron chi connectivity index (χ3n) is 9.05. The lowest BCUT2D eigenvalue weighted by molar-refractivity contribution is 0.122. The highest BCUT2D eigenvalue weighted by Crippen LogP contribution is 2.28. The minimum absolute atomic E-state index is 0.195. The Balaban J connectivity index is 3.19. The van der Waals surface area contributed by atoms with E-state index in [1.54, 1.807) is 72.8 Å². The van der Waals surface area contributed by atoms with Crippen LogP contribution >= 0.6 is 0 Å². The predicted octanol–water partition coefficient (Wildman–Crippen LogP) is 3.28. The Morgan fingerprint density at radius 3 is 1.52 bits per heavy atom. The van der Waals surface area contributed by atoms with Crippen molar-refractivity contribution in [3.05, 3.63) is 23.3 Å². The van der Waals surface area contributed by atoms with Crippen LogP contribution in [0.15, 0.2) is 12.1 Å². The minimum Gasteiger partial charge on any atom is -0.397 e. The van der Waals surface area contributed by atoms with E-state index < -0.39 is 43.8 Å². The smallest absolute Gasteiger partial charge is 0.397 e. The van der Waals surface area contributed by atoms with Crippen LogP contribution in [0, 0.1) is 0 Å². The van der Waals surface area contributed by atoms with E-state index in [0.29, 0.717) is 9.52 Å². The van der Waals surface area contributed by atoms with E-state index >= 15 is 0 Å². The molecule has 0 aliphatic rings. The number of rotatable bonds is 26. The van der Waals surface area contributed by atoms with Crippen LogP contribution < -0.4 is 21.0 Å². The fourth-order valence-corrected chi connectivity index (χ4v) is 15.5. The molecular weight excluding hydrogens is 685 g/mol. The molecule has 1 rings (SSSR count). The van der Waals surface area contributed by atoms with Crippen LogP contribution in [0.2, 0.25) is 50.9 Å². The molecule has 1 aromatic rings. The lowest BCUT2D eigenvalue weighted by Crippen LogP contribution is -2.50. The molecule has 0 fully saturated rings. The average Bonchev–Trinajstić information content (AvgIpc) is 3.07. The van der Waals surface area contributed by atoms with Crippen molar-refractivity contribution in [2.45, 2.75) is 88.4 Å². The third kappa shape index (κ3) is 12.5. The maximum atomic E-state index is 6.02. The van der Waals surface area contributed by atoms with Crippen LogP contribution in [-0.4, -0.2) is 129 Å². The molecule has 0 spiro atoms. The van der Waals surface area contributed by atoms with Crippen molar-refractivity contribution in [3.63, 3.8) is 0 Å². The second-order valence-electron chi connectivity index (χ2n) is 12.0. The van der Waals surface area contributed by atoms with Gasteiger partial charge in [0.2, 0.25) is 0 Å². The molecule has 0 amide bonds. The fraction of sp³-hybridized carbons (Fsp3) is 0.800. The van der Waals surface area contributed by atoms with Crippen molar-refractivity contribution in [1.29, 1.82) is 0 Å². The van der Waals surface area contributed by atoms with Gasteiger partial charge in [-0.1, -0.05) is 67.2 Å². The van der Waals surface area contributed by atoms with E-state index in [4.69, 9.17) is 35.4 Å². The van der Waals surface area contributed by atoms with Gasteiger partial charge in [0.05, 0.1) is 27.1 Å². The first kappa shape index (κ1) is 44.1. The summed E-state index contributed by atoms with van der Waals surface area (Å²) >= 11 is 0. The first-order valence-corrected chi connectivity index (χ1v) is 28.7. The van der Waals surface area contributed by atoms with E-state index in [1.807, 2.05) is 0 Å². The van der Waals surface area contributed by atoms with Crippen molar-refractivity contribution in [1.82, 2.24) is 10.6 Å². The summed E-state index contributed by atoms with van der Waals surface area (Å²) in [4.78, 5) is 0. The maximum absolute atomic E-state index is 6.02. The Morgan fingerprint density at radius 2 is 1.15 bits per heavy atom. The highest BCUT2D eigenvalue weighted by Gasteiger charge is 2.40. The Labute approximate surface area is 290 Å². The number of nitrogens with one attached hydrogen (secondary N) is 2. The minimum atomic E-state index is -2.60. The van der Waals surface area contributed by atoms with Crippen molar-refractivity contribution in [2.24, 2.45) is 0 Å². The summed E-state index contributed by atoms with van der Waals surface area (Å²) in [5.74, 6) is 0.195. The fourth-order valence-electron chi connectivity index (χ4n) is 5.84. The summed E-state index contributed by atoms with van der Waals surface area (Å²) in [6, 6.07) is 7.44. The summed E-state index contributed by atoms with van der Waals surface area (Å²) in [6.07, 6.45) is 2.89. The summed E-state index contributed by atoms with van der Waals surface area (Å²) in [5, 5.41) is 10.7. The normalized spacial score (nSPS) is 13.8. The van der Waals surface area contributed by atoms with Crippen molar-refractivity contribution in [3.8, 4) is 0 Å². The molecule has 1 unspecified atom stereocenters. The molecular formula is C30H64N2O8Si6. The molecule has 46 heavy (non-hydrogen) atoms. The van der Waals surface area contributed by atoms with Gasteiger partial charge in [-0.15, -0.1) is 0 Å². The molecule has 0 aliphatic carbocycles. The van der Waals surface area contributed by atoms with Gasteiger partial charge in [-0.2, -0.15) is 0 Å². The molecule has 4 radical (unpaired) electrons. The summed E-state index contributed by atoms with van der Waals surface area (Å²) in [7, 11) is 5.41. The van der Waals surface area contributed by atoms with E-state index in [2.05, 4.69) is 62.4 Å². The summed E-state index contributed by atoms with van der Waals surface area (Å²) < 4.78 is 45.9. The molecule has 0 bridgehead atoms. The van der Waals surface area contributed by atoms with Crippen molar-refractivity contribution >= 4 is 63.7 Å². The van der Waals surface area contributed by atoms with Gasteiger partial charge in [-0.3, -0.25) is 0 Å². The lowest BCUT2D eigenvalue weighted by Gasteiger charge is -2.33. The Morgan fingerprint density at radius 1 is 0.696 bits per heavy atom. The predicted molar refractivity (Wildman–Crippen MR) is 201 cm³/mol. The van der Waals surface area contributed by atoms with Gasteiger partial charge in [0.15, 0.2) is 0 Å². The zero-order chi connectivity index (χ0) is 35.0. The molecule has 0 aliphatic heterocycles. The number of hydrogen-bond acceptors (Lipinski definition) is 10. The van der Waals surface area contributed by atoms with Crippen LogP contribution in [0.3, 0.4) is 0 Å². The quantitative estimate of drug-likeness (QED) is 0.0836. The summed E-state index contributed by atoms with van der Waals surface area (Å²) in [5.41, 5.74) is 3.26. The monoisotopic (exact) mass is 748 g/mol. The van der Waals surface area contributed by atoms with Crippen molar-refractivity contribution < 1.29 is 35.4 Å². The van der Waals surface area contributed by atoms with Gasteiger partial charge in [0.25, 0.3) is 0 Å². The van der Waals surface area contributed by atoms with E-state index in [-0.39, 0.29) is 11.3 Å². The van der Waals surface area contributed by atoms with Gasteiger partial charge < -0.3 is 46.0 Å². The van der Waals surface area contributed by atoms with E-state index in [0.717, 1.165) is 50.5 Å². The Kier molecular flexibility index (Phi) is 21.2. The van der Waals surface area contributed by atoms with Crippen LogP contribution in [-0.2, 0) is 41.8 Å². The van der Waals surface area contributed by atoms with Crippen LogP contribution in [0.25, 0.3) is 0 Å². The van der Waals surface area contributed by atoms with E-state index in [9.17, 15) is 0 Å². The van der Waals surface area contributed by atoms with Crippen LogP contribution in [0.5, 0.6) is 0 Å². The molecule has 16 heteroatoms. The Bertz CT molecular complexity index is 940. The van der Waals surface area contributed by atoms with Crippen LogP contribution in [0.4, 0.5) is 0 Å². The Hall–Kier alpha value is 0.121. The molecule has 2 N–H and O–H groups in total. The number of benzene rings is 1. The van der Waals surface area contributed by atoms with Gasteiger partial charge in [0.1, 0.15) is 0 Å². The second-order valence-corrected chi connectivity index (χ2v) is 28.5. The highest BCUT2D eigenvalue weighted by molar-refractivity contribution is 6.76. The molecule has 1 aromatic carbocycles. The van der Waals surface area contributed by atoms with Gasteiger partial charge in [-0.05, 0) is 44.5 Å². The standard InChI is InChI=1S/C30H64N2O8Si6/c1-25(44(14,33-2)34-3)26-17-18-28(42(10)11)27(29(26)43(12)13)19-22-41-30(31-20-15-23-45(35-4,36-5)37-6)32-21-16-24-46(38-7,39-8)40-9/h17-18,25,30-32H,15-16,19-24H2,1-14H3. The molecule has 1 atom stereocenters. The zero-order valence-electron chi connectivity index (χ0n) is 31.2. The third-order valence-corrected chi connectivity index (χ3v) is 22.7. The number of hydrogen-bond donors (Lipinski definition) is 2. The van der Waals surface area contributed by atoms with Gasteiger partial charge >= 0.3 is 26.2 Å². The van der Waals surface area contributed by atoms with Crippen molar-refractivity contribution in [2.75, 3.05) is 70.0 Å². The lowest BCUT2D eigenvalue weighted by atomic mass is 10.1. The largest absolute Gasteiger partial charge is 0.500 e. The molecule has 10 nitrogen and oxygen atoms in total. The van der Waals surface area contributed by atoms with Gasteiger partial charge in [-0.25, -0.2) is 0 Å². The zero-order valence-corrected chi connectivity index (χ0v) is 37.2. The first-order valence-electron chi connectivity index (χ1n) is 16.2. The topological polar surface area (TPSA) is 97.9 Å². The van der Waals surface area contributed by atoms with Gasteiger partial charge in [0, 0.05) is 80.3 Å². The SMILES string of the molecule is CO[Si](CCCNC(NCCC[Si](OC)(OC)OC)[Si]CCc1c([Si](C)C)ccc(C(C)[Si](C)(OC)OC)c1[Si](C)C)(OC)OC. The summed E-state index contributed by atoms with van der Waals surface area (Å²) in [6.45, 7) is 15.9. The first-order chi connectivity index (χ1) is 21.8. The molecule has 0 heterocycles. The maximum Gasteiger partial charge on any atom is 0.500 e. The van der Waals surface area contributed by atoms with Crippen LogP contribution in [0.1, 0.15) is 36.4 Å². The second kappa shape index (κ2) is 22.0. The molecule has 0 saturated heterocycles. The molecule has 0 aromatic heterocycles. The molecule has 0 saturated carbocycles. The highest BCUT2D eigenvalue weighted by atomic mass is 28.4. The molecule has 266 valence electrons. The van der Waals surface area contributed by atoms with E-state index in [1.165, 1.54) is 5.56 Å².